The van der Waals surface area contributed by atoms with Crippen molar-refractivity contribution in [3.05, 3.63) is 40.5 Å². The summed E-state index contributed by atoms with van der Waals surface area (Å²) in [6.45, 7) is 0.555. The van der Waals surface area contributed by atoms with Gasteiger partial charge in [0.05, 0.1) is 0 Å². The molecule has 0 saturated carbocycles. The number of pyridine rings is 1. The molecular formula is C19H20N8O5S4. The summed E-state index contributed by atoms with van der Waals surface area (Å²) in [4.78, 5) is 48.2. The molecule has 2 atom stereocenters. The van der Waals surface area contributed by atoms with E-state index in [1.54, 1.807) is 24.2 Å². The number of rotatable bonds is 10. The Hall–Kier alpha value is -2.86. The molecule has 1 fully saturated rings. The van der Waals surface area contributed by atoms with Crippen LogP contribution in [-0.4, -0.2) is 82.5 Å². The molecule has 2 amide bonds. The Labute approximate surface area is 221 Å². The molecule has 1 unspecified atom stereocenters. The van der Waals surface area contributed by atoms with E-state index in [1.165, 1.54) is 23.5 Å². The molecule has 17 heteroatoms. The Kier molecular flexibility index (Phi) is 8.35. The van der Waals surface area contributed by atoms with Crippen LogP contribution in [0.1, 0.15) is 11.4 Å². The summed E-state index contributed by atoms with van der Waals surface area (Å²) < 4.78 is 3.83. The number of carbonyl (C=O) groups excluding carboxylic acids is 2. The minimum atomic E-state index is -1.25. The molecule has 2 aliphatic rings. The van der Waals surface area contributed by atoms with Crippen LogP contribution < -0.4 is 16.8 Å². The van der Waals surface area contributed by atoms with E-state index >= 15 is 0 Å². The predicted octanol–water partition coefficient (Wildman–Crippen LogP) is 0.374. The minimum Gasteiger partial charge on any atom is -0.477 e. The summed E-state index contributed by atoms with van der Waals surface area (Å²) in [6, 6.07) is 0.856. The average Bonchev–Trinajstić information content (AvgIpc) is 3.29. The van der Waals surface area contributed by atoms with E-state index in [4.69, 9.17) is 11.5 Å². The highest BCUT2D eigenvalue weighted by Gasteiger charge is 2.54. The lowest BCUT2D eigenvalue weighted by Crippen LogP contribution is -2.71. The van der Waals surface area contributed by atoms with Gasteiger partial charge in [0.2, 0.25) is 11.5 Å². The van der Waals surface area contributed by atoms with Crippen molar-refractivity contribution in [1.82, 2.24) is 24.6 Å². The molecule has 13 nitrogen and oxygen atoms in total. The number of nitrogens with zero attached hydrogens (tertiary/aromatic N) is 5. The number of nitrogens with one attached hydrogen (secondary N) is 1. The molecule has 7 N–H and O–H groups in total. The van der Waals surface area contributed by atoms with Gasteiger partial charge in [-0.1, -0.05) is 16.9 Å². The first-order chi connectivity index (χ1) is 17.3. The highest BCUT2D eigenvalue weighted by Crippen LogP contribution is 2.45. The van der Waals surface area contributed by atoms with Crippen molar-refractivity contribution in [2.45, 2.75) is 22.1 Å². The molecule has 0 aromatic carbocycles. The molecule has 4 rings (SSSR count). The maximum Gasteiger partial charge on any atom is 0.353 e. The van der Waals surface area contributed by atoms with Crippen LogP contribution in [0.3, 0.4) is 0 Å². The number of carbonyl (C=O) groups is 3. The van der Waals surface area contributed by atoms with Gasteiger partial charge in [0.1, 0.15) is 17.1 Å². The molecule has 0 radical (unpaired) electrons. The van der Waals surface area contributed by atoms with E-state index < -0.39 is 34.9 Å². The monoisotopic (exact) mass is 568 g/mol. The number of carboxylic acid groups (broad SMARTS) is 1. The number of anilines is 1. The number of thioether (sulfide) groups is 3. The zero-order valence-electron chi connectivity index (χ0n) is 18.4. The number of oxime groups is 1. The van der Waals surface area contributed by atoms with E-state index in [9.17, 15) is 24.7 Å². The first-order valence-electron chi connectivity index (χ1n) is 10.3. The van der Waals surface area contributed by atoms with Gasteiger partial charge in [0, 0.05) is 57.5 Å². The minimum absolute atomic E-state index is 0.0729. The molecule has 0 spiro atoms. The fraction of sp³-hybridized carbons (Fsp3) is 0.316. The van der Waals surface area contributed by atoms with Crippen molar-refractivity contribution in [2.75, 3.05) is 23.8 Å². The normalized spacial score (nSPS) is 19.6. The van der Waals surface area contributed by atoms with Crippen LogP contribution in [0.15, 0.2) is 39.1 Å². The lowest BCUT2D eigenvalue weighted by Gasteiger charge is -2.49. The number of aromatic nitrogens is 3. The van der Waals surface area contributed by atoms with Gasteiger partial charge >= 0.3 is 5.97 Å². The standard InChI is InChI=1S/C19H20N8O5S4/c20-2-4-33-6-8-1-3-22-5-9(8)35-10-7-34-17-12(16(29)27(17)13(10)18(30)31)23-15(28)11(25-32)14-24-19(21)36-26-14/h1,3,5,12,17,32H,2,4,6-7,20H2,(H,23,28)(H,30,31)(H2,21,24,26)/b25-11+/t12-,17?/m1/s1. The van der Waals surface area contributed by atoms with Gasteiger partial charge in [0.25, 0.3) is 11.8 Å². The van der Waals surface area contributed by atoms with Crippen LogP contribution in [-0.2, 0) is 20.1 Å². The number of carboxylic acids is 1. The van der Waals surface area contributed by atoms with E-state index in [0.29, 0.717) is 23.0 Å². The van der Waals surface area contributed by atoms with Crippen molar-refractivity contribution in [3.63, 3.8) is 0 Å². The third-order valence-electron chi connectivity index (χ3n) is 5.01. The molecule has 190 valence electrons. The van der Waals surface area contributed by atoms with Crippen LogP contribution >= 0.6 is 46.8 Å². The smallest absolute Gasteiger partial charge is 0.353 e. The van der Waals surface area contributed by atoms with Crippen molar-refractivity contribution < 1.29 is 24.7 Å². The van der Waals surface area contributed by atoms with Gasteiger partial charge in [-0.15, -0.1) is 11.8 Å². The second-order valence-electron chi connectivity index (χ2n) is 7.27. The zero-order chi connectivity index (χ0) is 25.8. The van der Waals surface area contributed by atoms with Gasteiger partial charge in [0.15, 0.2) is 5.13 Å². The third kappa shape index (κ3) is 5.29. The number of hydrogen-bond acceptors (Lipinski definition) is 14. The summed E-state index contributed by atoms with van der Waals surface area (Å²) in [5.41, 5.74) is 11.4. The Morgan fingerprint density at radius 3 is 2.86 bits per heavy atom. The van der Waals surface area contributed by atoms with Crippen LogP contribution in [0.5, 0.6) is 0 Å². The second kappa shape index (κ2) is 11.5. The van der Waals surface area contributed by atoms with Gasteiger partial charge in [-0.05, 0) is 11.6 Å². The number of fused-ring (bicyclic) bond motifs is 1. The van der Waals surface area contributed by atoms with Crippen molar-refractivity contribution in [2.24, 2.45) is 10.9 Å². The predicted molar refractivity (Wildman–Crippen MR) is 138 cm³/mol. The largest absolute Gasteiger partial charge is 0.477 e. The molecule has 0 aliphatic carbocycles. The lowest BCUT2D eigenvalue weighted by molar-refractivity contribution is -0.150. The molecule has 1 saturated heterocycles. The van der Waals surface area contributed by atoms with Gasteiger partial charge in [-0.2, -0.15) is 21.1 Å². The molecule has 2 aromatic heterocycles. The Balaban J connectivity index is 1.51. The molecule has 36 heavy (non-hydrogen) atoms. The Morgan fingerprint density at radius 2 is 2.19 bits per heavy atom. The maximum absolute atomic E-state index is 12.9. The van der Waals surface area contributed by atoms with E-state index in [-0.39, 0.29) is 16.7 Å². The number of aliphatic carboxylic acids is 1. The summed E-state index contributed by atoms with van der Waals surface area (Å²) in [6.07, 6.45) is 3.34. The zero-order valence-corrected chi connectivity index (χ0v) is 21.6. The maximum atomic E-state index is 12.9. The fourth-order valence-corrected chi connectivity index (χ4v) is 7.30. The topological polar surface area (TPSA) is 210 Å². The van der Waals surface area contributed by atoms with Gasteiger partial charge in [-0.25, -0.2) is 4.79 Å². The first kappa shape index (κ1) is 26.2. The number of nitrogens with two attached hydrogens (primary N) is 2. The van der Waals surface area contributed by atoms with E-state index in [2.05, 4.69) is 24.8 Å². The summed E-state index contributed by atoms with van der Waals surface area (Å²) in [7, 11) is 0. The van der Waals surface area contributed by atoms with Crippen LogP contribution in [0.2, 0.25) is 0 Å². The third-order valence-corrected chi connectivity index (χ3v) is 9.23. The SMILES string of the molecule is NCCSCc1ccncc1SC1=C(C(=O)O)N2C(=O)[C@@H](NC(=O)/C(=N/O)c3nsc(N)n3)C2SC1. The van der Waals surface area contributed by atoms with Crippen LogP contribution in [0.25, 0.3) is 0 Å². The lowest BCUT2D eigenvalue weighted by atomic mass is 10.0. The molecule has 2 aliphatic heterocycles. The summed E-state index contributed by atoms with van der Waals surface area (Å²) in [5.74, 6) is -1.12. The first-order valence-corrected chi connectivity index (χ1v) is 14.1. The number of hydrogen-bond donors (Lipinski definition) is 5. The Bertz CT molecular complexity index is 1250. The summed E-state index contributed by atoms with van der Waals surface area (Å²) >= 11 is 5.05. The van der Waals surface area contributed by atoms with E-state index in [0.717, 1.165) is 32.6 Å². The summed E-state index contributed by atoms with van der Waals surface area (Å²) in [5, 5.41) is 24.0. The Morgan fingerprint density at radius 1 is 1.39 bits per heavy atom. The van der Waals surface area contributed by atoms with Crippen molar-refractivity contribution >= 4 is 75.4 Å². The van der Waals surface area contributed by atoms with E-state index in [1.807, 2.05) is 6.07 Å². The second-order valence-corrected chi connectivity index (χ2v) is 11.4. The fourth-order valence-electron chi connectivity index (χ4n) is 3.42. The highest BCUT2D eigenvalue weighted by molar-refractivity contribution is 8.06. The molecule has 0 bridgehead atoms. The molecule has 2 aromatic rings. The number of nitrogen functional groups attached to an aromatic ring is 1. The van der Waals surface area contributed by atoms with Crippen molar-refractivity contribution in [3.8, 4) is 0 Å². The van der Waals surface area contributed by atoms with Crippen LogP contribution in [0.4, 0.5) is 5.13 Å². The average molecular weight is 569 g/mol. The number of amides is 2. The molecular weight excluding hydrogens is 549 g/mol. The van der Waals surface area contributed by atoms with Crippen molar-refractivity contribution in [1.29, 1.82) is 0 Å². The van der Waals surface area contributed by atoms with Gasteiger partial charge in [-0.3, -0.25) is 19.5 Å². The van der Waals surface area contributed by atoms with Gasteiger partial charge < -0.3 is 27.1 Å². The molecule has 4 heterocycles. The quantitative estimate of drug-likeness (QED) is 0.0863. The number of β-lactam (4-membered cyclic amide) rings is 1. The van der Waals surface area contributed by atoms with Crippen LogP contribution in [0, 0.1) is 0 Å². The highest BCUT2D eigenvalue weighted by atomic mass is 32.2.